The maximum atomic E-state index is 12.6. The zero-order valence-electron chi connectivity index (χ0n) is 15.9. The van der Waals surface area contributed by atoms with Crippen LogP contribution in [0.25, 0.3) is 10.9 Å². The lowest BCUT2D eigenvalue weighted by Crippen LogP contribution is -2.37. The molecule has 3 aromatic rings. The molecule has 0 bridgehead atoms. The molecule has 4 rings (SSSR count). The quantitative estimate of drug-likeness (QED) is 0.744. The average molecular weight is 350 g/mol. The molecule has 0 saturated heterocycles. The SMILES string of the molecule is Cc1ccc2c(CN3CCc4nc(C(C)(C)C)[nH]c(=O)c4C3)c[nH]c2c1. The Morgan fingerprint density at radius 1 is 1.27 bits per heavy atom. The second kappa shape index (κ2) is 6.09. The van der Waals surface area contributed by atoms with Gasteiger partial charge >= 0.3 is 0 Å². The summed E-state index contributed by atoms with van der Waals surface area (Å²) >= 11 is 0. The summed E-state index contributed by atoms with van der Waals surface area (Å²) in [4.78, 5) is 26.0. The van der Waals surface area contributed by atoms with Crippen LogP contribution < -0.4 is 5.56 Å². The van der Waals surface area contributed by atoms with Gasteiger partial charge in [0, 0.05) is 48.6 Å². The van der Waals surface area contributed by atoms with Crippen molar-refractivity contribution in [2.45, 2.75) is 52.6 Å². The zero-order chi connectivity index (χ0) is 18.5. The predicted octanol–water partition coefficient (Wildman–Crippen LogP) is 3.42. The van der Waals surface area contributed by atoms with E-state index in [9.17, 15) is 4.79 Å². The van der Waals surface area contributed by atoms with Crippen LogP contribution >= 0.6 is 0 Å². The number of aromatic nitrogens is 3. The summed E-state index contributed by atoms with van der Waals surface area (Å²) in [6, 6.07) is 6.50. The Labute approximate surface area is 153 Å². The van der Waals surface area contributed by atoms with Crippen molar-refractivity contribution in [3.63, 3.8) is 0 Å². The van der Waals surface area contributed by atoms with Gasteiger partial charge in [0.1, 0.15) is 5.82 Å². The fraction of sp³-hybridized carbons (Fsp3) is 0.429. The van der Waals surface area contributed by atoms with Crippen molar-refractivity contribution >= 4 is 10.9 Å². The first-order chi connectivity index (χ1) is 12.3. The first kappa shape index (κ1) is 17.0. The molecule has 1 aromatic carbocycles. The molecule has 0 unspecified atom stereocenters. The normalized spacial score (nSPS) is 15.4. The lowest BCUT2D eigenvalue weighted by molar-refractivity contribution is 0.242. The van der Waals surface area contributed by atoms with Crippen molar-refractivity contribution < 1.29 is 0 Å². The molecule has 0 atom stereocenters. The summed E-state index contributed by atoms with van der Waals surface area (Å²) < 4.78 is 0. The molecule has 0 amide bonds. The third-order valence-corrected chi connectivity index (χ3v) is 5.17. The van der Waals surface area contributed by atoms with Crippen LogP contribution in [-0.2, 0) is 24.9 Å². The van der Waals surface area contributed by atoms with Crippen molar-refractivity contribution in [3.05, 3.63) is 63.0 Å². The van der Waals surface area contributed by atoms with E-state index < -0.39 is 0 Å². The van der Waals surface area contributed by atoms with Gasteiger partial charge in [-0.2, -0.15) is 0 Å². The third kappa shape index (κ3) is 3.07. The Balaban J connectivity index is 1.59. The minimum atomic E-state index is -0.145. The average Bonchev–Trinajstić information content (AvgIpc) is 2.96. The first-order valence-electron chi connectivity index (χ1n) is 9.23. The number of rotatable bonds is 2. The minimum Gasteiger partial charge on any atom is -0.361 e. The maximum absolute atomic E-state index is 12.6. The van der Waals surface area contributed by atoms with Crippen LogP contribution in [-0.4, -0.2) is 26.4 Å². The lowest BCUT2D eigenvalue weighted by atomic mass is 9.95. The Kier molecular flexibility index (Phi) is 3.99. The predicted molar refractivity (Wildman–Crippen MR) is 104 cm³/mol. The first-order valence-corrected chi connectivity index (χ1v) is 9.23. The summed E-state index contributed by atoms with van der Waals surface area (Å²) in [6.45, 7) is 10.7. The second-order valence-corrected chi connectivity index (χ2v) is 8.41. The fourth-order valence-corrected chi connectivity index (χ4v) is 3.64. The zero-order valence-corrected chi connectivity index (χ0v) is 15.9. The highest BCUT2D eigenvalue weighted by Gasteiger charge is 2.25. The topological polar surface area (TPSA) is 64.8 Å². The molecule has 2 aromatic heterocycles. The van der Waals surface area contributed by atoms with Crippen molar-refractivity contribution in [1.82, 2.24) is 19.9 Å². The highest BCUT2D eigenvalue weighted by molar-refractivity contribution is 5.83. The van der Waals surface area contributed by atoms with Crippen molar-refractivity contribution in [1.29, 1.82) is 0 Å². The van der Waals surface area contributed by atoms with E-state index in [0.29, 0.717) is 6.54 Å². The number of nitrogens with zero attached hydrogens (tertiary/aromatic N) is 2. The highest BCUT2D eigenvalue weighted by Crippen LogP contribution is 2.24. The van der Waals surface area contributed by atoms with Crippen LogP contribution in [0.4, 0.5) is 0 Å². The number of hydrogen-bond acceptors (Lipinski definition) is 3. The van der Waals surface area contributed by atoms with Crippen LogP contribution in [0.1, 0.15) is 49.0 Å². The number of hydrogen-bond donors (Lipinski definition) is 2. The van der Waals surface area contributed by atoms with E-state index >= 15 is 0 Å². The number of benzene rings is 1. The number of nitrogens with one attached hydrogen (secondary N) is 2. The molecule has 3 heterocycles. The second-order valence-electron chi connectivity index (χ2n) is 8.41. The summed E-state index contributed by atoms with van der Waals surface area (Å²) in [5, 5.41) is 1.26. The number of aromatic amines is 2. The van der Waals surface area contributed by atoms with Gasteiger partial charge < -0.3 is 9.97 Å². The molecule has 0 saturated carbocycles. The molecule has 0 fully saturated rings. The molecule has 0 aliphatic carbocycles. The van der Waals surface area contributed by atoms with Crippen molar-refractivity contribution in [3.8, 4) is 0 Å². The van der Waals surface area contributed by atoms with E-state index in [-0.39, 0.29) is 11.0 Å². The molecule has 26 heavy (non-hydrogen) atoms. The fourth-order valence-electron chi connectivity index (χ4n) is 3.64. The molecular weight excluding hydrogens is 324 g/mol. The summed E-state index contributed by atoms with van der Waals surface area (Å²) in [6.07, 6.45) is 2.91. The van der Waals surface area contributed by atoms with Gasteiger partial charge in [0.25, 0.3) is 5.56 Å². The maximum Gasteiger partial charge on any atom is 0.255 e. The van der Waals surface area contributed by atoms with Gasteiger partial charge in [-0.3, -0.25) is 9.69 Å². The molecule has 0 spiro atoms. The highest BCUT2D eigenvalue weighted by atomic mass is 16.1. The van der Waals surface area contributed by atoms with Gasteiger partial charge in [0.05, 0.1) is 11.3 Å². The van der Waals surface area contributed by atoms with E-state index in [0.717, 1.165) is 36.6 Å². The van der Waals surface area contributed by atoms with Crippen LogP contribution in [0.5, 0.6) is 0 Å². The molecule has 5 nitrogen and oxygen atoms in total. The van der Waals surface area contributed by atoms with Crippen LogP contribution in [0.2, 0.25) is 0 Å². The van der Waals surface area contributed by atoms with Crippen LogP contribution in [0, 0.1) is 6.92 Å². The van der Waals surface area contributed by atoms with Crippen molar-refractivity contribution in [2.24, 2.45) is 0 Å². The van der Waals surface area contributed by atoms with Gasteiger partial charge in [0.2, 0.25) is 0 Å². The summed E-state index contributed by atoms with van der Waals surface area (Å²) in [7, 11) is 0. The monoisotopic (exact) mass is 350 g/mol. The minimum absolute atomic E-state index is 0.0131. The van der Waals surface area contributed by atoms with Crippen molar-refractivity contribution in [2.75, 3.05) is 6.54 Å². The number of H-pyrrole nitrogens is 2. The van der Waals surface area contributed by atoms with Gasteiger partial charge in [-0.15, -0.1) is 0 Å². The van der Waals surface area contributed by atoms with E-state index in [4.69, 9.17) is 4.98 Å². The lowest BCUT2D eigenvalue weighted by Gasteiger charge is -2.28. The smallest absolute Gasteiger partial charge is 0.255 e. The Bertz CT molecular complexity index is 1020. The largest absolute Gasteiger partial charge is 0.361 e. The summed E-state index contributed by atoms with van der Waals surface area (Å²) in [5.41, 5.74) is 5.35. The van der Waals surface area contributed by atoms with E-state index in [1.54, 1.807) is 0 Å². The molecule has 5 heteroatoms. The third-order valence-electron chi connectivity index (χ3n) is 5.17. The molecule has 2 N–H and O–H groups in total. The van der Waals surface area contributed by atoms with Gasteiger partial charge in [-0.1, -0.05) is 32.9 Å². The molecule has 1 aliphatic rings. The van der Waals surface area contributed by atoms with Gasteiger partial charge in [-0.05, 0) is 24.1 Å². The van der Waals surface area contributed by atoms with E-state index in [2.05, 4.69) is 67.0 Å². The van der Waals surface area contributed by atoms with Crippen LogP contribution in [0.15, 0.2) is 29.2 Å². The Hall–Kier alpha value is -2.40. The Morgan fingerprint density at radius 3 is 2.85 bits per heavy atom. The van der Waals surface area contributed by atoms with Crippen LogP contribution in [0.3, 0.4) is 0 Å². The Morgan fingerprint density at radius 2 is 2.08 bits per heavy atom. The standard InChI is InChI=1S/C21H26N4O/c1-13-5-6-15-14(10-22-18(15)9-13)11-25-8-7-17-16(12-25)19(26)24-20(23-17)21(2,3)4/h5-6,9-10,22H,7-8,11-12H2,1-4H3,(H,23,24,26). The van der Waals surface area contributed by atoms with Gasteiger partial charge in [-0.25, -0.2) is 4.98 Å². The van der Waals surface area contributed by atoms with E-state index in [1.807, 2.05) is 0 Å². The molecular formula is C21H26N4O. The molecule has 136 valence electrons. The summed E-state index contributed by atoms with van der Waals surface area (Å²) in [5.74, 6) is 0.779. The number of fused-ring (bicyclic) bond motifs is 2. The molecule has 1 aliphatic heterocycles. The van der Waals surface area contributed by atoms with Gasteiger partial charge in [0.15, 0.2) is 0 Å². The van der Waals surface area contributed by atoms with E-state index in [1.165, 1.54) is 22.0 Å². The molecule has 0 radical (unpaired) electrons. The number of aryl methyl sites for hydroxylation is 1.